The Morgan fingerprint density at radius 3 is 2.69 bits per heavy atom. The summed E-state index contributed by atoms with van der Waals surface area (Å²) in [5.41, 5.74) is -1.15. The molecule has 0 aliphatic heterocycles. The Bertz CT molecular complexity index is 366. The molecule has 0 unspecified atom stereocenters. The predicted molar refractivity (Wildman–Crippen MR) is 49.7 cm³/mol. The minimum Gasteiger partial charge on any atom is -0.348 e. The number of aromatic amines is 1. The molecule has 0 saturated heterocycles. The van der Waals surface area contributed by atoms with Gasteiger partial charge in [-0.05, 0) is 0 Å². The Kier molecular flexibility index (Phi) is 3.44. The molecule has 0 spiro atoms. The zero-order chi connectivity index (χ0) is 10.0. The van der Waals surface area contributed by atoms with Gasteiger partial charge in [0.15, 0.2) is 5.43 Å². The number of rotatable bonds is 2. The fourth-order valence-electron chi connectivity index (χ4n) is 0.934. The van der Waals surface area contributed by atoms with Crippen LogP contribution in [0.4, 0.5) is 8.78 Å². The molecule has 0 aliphatic rings. The summed E-state index contributed by atoms with van der Waals surface area (Å²) in [6.45, 7) is 0. The molecule has 1 aromatic heterocycles. The minimum absolute atomic E-state index is 0.0591. The molecule has 1 heterocycles. The van der Waals surface area contributed by atoms with Crippen molar-refractivity contribution in [2.75, 3.05) is 0 Å². The standard InChI is InChI=1S/C7H5BrClF2NO/c8-2-3-6(7(10)11)4(13)1-5(9)12-3/h1,7H,2H2,(H,12,13). The third-order valence-electron chi connectivity index (χ3n) is 1.47. The molecular weight excluding hydrogens is 267 g/mol. The molecule has 6 heteroatoms. The van der Waals surface area contributed by atoms with Gasteiger partial charge in [-0.25, -0.2) is 8.78 Å². The molecule has 1 rings (SSSR count). The van der Waals surface area contributed by atoms with Crippen LogP contribution in [0.2, 0.25) is 5.15 Å². The number of hydrogen-bond donors (Lipinski definition) is 1. The predicted octanol–water partition coefficient (Wildman–Crippen LogP) is 2.86. The number of halogens is 4. The first-order chi connectivity index (χ1) is 6.06. The van der Waals surface area contributed by atoms with E-state index >= 15 is 0 Å². The normalized spacial score (nSPS) is 10.8. The average Bonchev–Trinajstić information content (AvgIpc) is 2.01. The summed E-state index contributed by atoms with van der Waals surface area (Å²) in [6.07, 6.45) is -2.78. The van der Waals surface area contributed by atoms with Crippen molar-refractivity contribution in [1.82, 2.24) is 4.98 Å². The van der Waals surface area contributed by atoms with Crippen LogP contribution in [0.3, 0.4) is 0 Å². The third-order valence-corrected chi connectivity index (χ3v) is 2.23. The second kappa shape index (κ2) is 4.19. The second-order valence-corrected chi connectivity index (χ2v) is 3.28. The van der Waals surface area contributed by atoms with Crippen molar-refractivity contribution in [2.45, 2.75) is 11.8 Å². The molecule has 0 saturated carbocycles. The number of alkyl halides is 3. The van der Waals surface area contributed by atoms with E-state index in [0.29, 0.717) is 0 Å². The number of hydrogen-bond acceptors (Lipinski definition) is 1. The zero-order valence-electron chi connectivity index (χ0n) is 6.28. The number of nitrogens with one attached hydrogen (secondary N) is 1. The Labute approximate surface area is 86.0 Å². The molecule has 0 fully saturated rings. The molecule has 1 N–H and O–H groups in total. The van der Waals surface area contributed by atoms with Crippen LogP contribution < -0.4 is 5.43 Å². The van der Waals surface area contributed by atoms with E-state index in [2.05, 4.69) is 20.9 Å². The van der Waals surface area contributed by atoms with Gasteiger partial charge in [0.1, 0.15) is 5.15 Å². The molecule has 0 aromatic carbocycles. The van der Waals surface area contributed by atoms with Crippen molar-refractivity contribution >= 4 is 27.5 Å². The fourth-order valence-corrected chi connectivity index (χ4v) is 1.59. The Morgan fingerprint density at radius 2 is 2.23 bits per heavy atom. The first-order valence-electron chi connectivity index (χ1n) is 3.32. The van der Waals surface area contributed by atoms with Crippen LogP contribution in [-0.4, -0.2) is 4.98 Å². The van der Waals surface area contributed by atoms with Crippen molar-refractivity contribution < 1.29 is 8.78 Å². The van der Waals surface area contributed by atoms with E-state index in [-0.39, 0.29) is 16.2 Å². The number of pyridine rings is 1. The lowest BCUT2D eigenvalue weighted by Gasteiger charge is -2.05. The molecule has 13 heavy (non-hydrogen) atoms. The number of aromatic nitrogens is 1. The Balaban J connectivity index is 3.39. The minimum atomic E-state index is -2.78. The zero-order valence-corrected chi connectivity index (χ0v) is 8.62. The summed E-state index contributed by atoms with van der Waals surface area (Å²) >= 11 is 8.47. The van der Waals surface area contributed by atoms with Crippen LogP contribution in [0.5, 0.6) is 0 Å². The van der Waals surface area contributed by atoms with Gasteiger partial charge in [-0.2, -0.15) is 0 Å². The quantitative estimate of drug-likeness (QED) is 0.652. The molecular formula is C7H5BrClF2NO. The van der Waals surface area contributed by atoms with Gasteiger partial charge in [0.05, 0.1) is 5.56 Å². The van der Waals surface area contributed by atoms with Crippen molar-refractivity contribution in [3.05, 3.63) is 32.7 Å². The van der Waals surface area contributed by atoms with Gasteiger partial charge in [0.2, 0.25) is 0 Å². The van der Waals surface area contributed by atoms with Crippen LogP contribution in [0.1, 0.15) is 17.7 Å². The van der Waals surface area contributed by atoms with E-state index < -0.39 is 17.4 Å². The van der Waals surface area contributed by atoms with E-state index in [0.717, 1.165) is 6.07 Å². The van der Waals surface area contributed by atoms with Crippen LogP contribution in [-0.2, 0) is 5.33 Å². The fraction of sp³-hybridized carbons (Fsp3) is 0.286. The smallest absolute Gasteiger partial charge is 0.269 e. The monoisotopic (exact) mass is 271 g/mol. The first-order valence-corrected chi connectivity index (χ1v) is 4.82. The molecule has 2 nitrogen and oxygen atoms in total. The summed E-state index contributed by atoms with van der Waals surface area (Å²) in [7, 11) is 0. The maximum Gasteiger partial charge on any atom is 0.269 e. The third kappa shape index (κ3) is 2.28. The van der Waals surface area contributed by atoms with E-state index in [1.807, 2.05) is 0 Å². The van der Waals surface area contributed by atoms with Gasteiger partial charge in [-0.1, -0.05) is 27.5 Å². The summed E-state index contributed by atoms with van der Waals surface area (Å²) in [5, 5.41) is 0.200. The molecule has 0 radical (unpaired) electrons. The highest BCUT2D eigenvalue weighted by Gasteiger charge is 2.17. The SMILES string of the molecule is O=c1cc(Cl)[nH]c(CBr)c1C(F)F. The van der Waals surface area contributed by atoms with Gasteiger partial charge in [-0.3, -0.25) is 4.79 Å². The van der Waals surface area contributed by atoms with E-state index in [1.54, 1.807) is 0 Å². The van der Waals surface area contributed by atoms with Crippen LogP contribution in [0.15, 0.2) is 10.9 Å². The maximum atomic E-state index is 12.3. The Morgan fingerprint density at radius 1 is 1.62 bits per heavy atom. The van der Waals surface area contributed by atoms with Crippen molar-refractivity contribution in [3.8, 4) is 0 Å². The van der Waals surface area contributed by atoms with Gasteiger partial charge >= 0.3 is 0 Å². The lowest BCUT2D eigenvalue weighted by Crippen LogP contribution is -2.13. The maximum absolute atomic E-state index is 12.3. The Hall–Kier alpha value is -0.420. The first kappa shape index (κ1) is 10.7. The highest BCUT2D eigenvalue weighted by Crippen LogP contribution is 2.21. The largest absolute Gasteiger partial charge is 0.348 e. The van der Waals surface area contributed by atoms with Gasteiger partial charge in [0.25, 0.3) is 6.43 Å². The van der Waals surface area contributed by atoms with Crippen molar-refractivity contribution in [2.24, 2.45) is 0 Å². The van der Waals surface area contributed by atoms with Crippen molar-refractivity contribution in [3.63, 3.8) is 0 Å². The van der Waals surface area contributed by atoms with E-state index in [4.69, 9.17) is 11.6 Å². The summed E-state index contributed by atoms with van der Waals surface area (Å²) < 4.78 is 24.6. The molecule has 0 atom stereocenters. The molecule has 1 aromatic rings. The number of H-pyrrole nitrogens is 1. The van der Waals surface area contributed by atoms with Gasteiger partial charge < -0.3 is 4.98 Å². The summed E-state index contributed by atoms with van der Waals surface area (Å²) in [6, 6.07) is 0.940. The molecule has 72 valence electrons. The highest BCUT2D eigenvalue weighted by molar-refractivity contribution is 9.08. The molecule has 0 bridgehead atoms. The summed E-state index contributed by atoms with van der Waals surface area (Å²) in [5.74, 6) is 0. The van der Waals surface area contributed by atoms with Crippen LogP contribution >= 0.6 is 27.5 Å². The lowest BCUT2D eigenvalue weighted by atomic mass is 10.2. The topological polar surface area (TPSA) is 32.9 Å². The average molecular weight is 272 g/mol. The van der Waals surface area contributed by atoms with Gasteiger partial charge in [0, 0.05) is 17.1 Å². The van der Waals surface area contributed by atoms with Crippen LogP contribution in [0.25, 0.3) is 0 Å². The lowest BCUT2D eigenvalue weighted by molar-refractivity contribution is 0.149. The highest BCUT2D eigenvalue weighted by atomic mass is 79.9. The van der Waals surface area contributed by atoms with Gasteiger partial charge in [-0.15, -0.1) is 0 Å². The molecule has 0 amide bonds. The second-order valence-electron chi connectivity index (χ2n) is 2.31. The van der Waals surface area contributed by atoms with Crippen LogP contribution in [0, 0.1) is 0 Å². The summed E-state index contributed by atoms with van der Waals surface area (Å²) in [4.78, 5) is 13.5. The van der Waals surface area contributed by atoms with E-state index in [1.165, 1.54) is 0 Å². The molecule has 0 aliphatic carbocycles. The van der Waals surface area contributed by atoms with E-state index in [9.17, 15) is 13.6 Å². The van der Waals surface area contributed by atoms with Crippen molar-refractivity contribution in [1.29, 1.82) is 0 Å².